The molecule has 1 nitrogen and oxygen atoms in total. The highest BCUT2D eigenvalue weighted by Crippen LogP contribution is 2.50. The lowest BCUT2D eigenvalue weighted by molar-refractivity contribution is 0.660. The molecular weight excluding hydrogens is 627 g/mol. The van der Waals surface area contributed by atoms with Crippen LogP contribution in [0.5, 0.6) is 0 Å². The second-order valence-corrected chi connectivity index (χ2v) is 14.2. The number of anilines is 2. The Bertz CT molecular complexity index is 2350. The largest absolute Gasteiger partial charge is 0.318 e. The van der Waals surface area contributed by atoms with Crippen molar-refractivity contribution in [2.45, 2.75) is 31.6 Å². The van der Waals surface area contributed by atoms with E-state index >= 15 is 0 Å². The molecule has 1 atom stereocenters. The van der Waals surface area contributed by atoms with E-state index in [0.29, 0.717) is 0 Å². The van der Waals surface area contributed by atoms with Crippen LogP contribution in [0.1, 0.15) is 42.9 Å². The molecule has 52 heavy (non-hydrogen) atoms. The molecule has 7 aromatic carbocycles. The highest BCUT2D eigenvalue weighted by Gasteiger charge is 2.35. The van der Waals surface area contributed by atoms with Gasteiger partial charge >= 0.3 is 0 Å². The third-order valence-corrected chi connectivity index (χ3v) is 10.7. The molecule has 252 valence electrons. The highest BCUT2D eigenvalue weighted by atomic mass is 15.1. The van der Waals surface area contributed by atoms with Crippen molar-refractivity contribution in [2.75, 3.05) is 4.90 Å². The second-order valence-electron chi connectivity index (χ2n) is 14.2. The van der Waals surface area contributed by atoms with Crippen LogP contribution in [0.25, 0.3) is 44.5 Å². The van der Waals surface area contributed by atoms with E-state index < -0.39 is 0 Å². The minimum absolute atomic E-state index is 0.0401. The van der Waals surface area contributed by atoms with Gasteiger partial charge < -0.3 is 4.90 Å². The molecule has 0 fully saturated rings. The van der Waals surface area contributed by atoms with Gasteiger partial charge in [0.1, 0.15) is 0 Å². The Hall–Kier alpha value is -6.18. The zero-order chi connectivity index (χ0) is 35.5. The predicted octanol–water partition coefficient (Wildman–Crippen LogP) is 14.0. The first-order chi connectivity index (χ1) is 25.5. The van der Waals surface area contributed by atoms with Crippen LogP contribution >= 0.6 is 0 Å². The molecule has 0 heterocycles. The summed E-state index contributed by atoms with van der Waals surface area (Å²) in [5.74, 6) is 0.248. The van der Waals surface area contributed by atoms with Crippen LogP contribution in [0, 0.1) is 0 Å². The van der Waals surface area contributed by atoms with Gasteiger partial charge in [-0.3, -0.25) is 0 Å². The van der Waals surface area contributed by atoms with E-state index in [9.17, 15) is 0 Å². The second kappa shape index (κ2) is 14.2. The van der Waals surface area contributed by atoms with E-state index in [1.807, 2.05) is 6.08 Å². The molecule has 0 amide bonds. The van der Waals surface area contributed by atoms with Crippen molar-refractivity contribution in [3.63, 3.8) is 0 Å². The number of hydrogen-bond donors (Lipinski definition) is 0. The predicted molar refractivity (Wildman–Crippen MR) is 222 cm³/mol. The van der Waals surface area contributed by atoms with Gasteiger partial charge in [-0.05, 0) is 98.0 Å². The van der Waals surface area contributed by atoms with Gasteiger partial charge in [-0.2, -0.15) is 0 Å². The molecule has 0 saturated heterocycles. The number of fused-ring (bicyclic) bond motifs is 3. The van der Waals surface area contributed by atoms with Crippen molar-refractivity contribution in [1.29, 1.82) is 0 Å². The van der Waals surface area contributed by atoms with Crippen molar-refractivity contribution in [3.05, 3.63) is 218 Å². The number of nitrogens with zero attached hydrogens (tertiary/aromatic N) is 1. The Kier molecular flexibility index (Phi) is 9.02. The Morgan fingerprint density at radius 2 is 1.00 bits per heavy atom. The van der Waals surface area contributed by atoms with Crippen molar-refractivity contribution >= 4 is 11.4 Å². The summed E-state index contributed by atoms with van der Waals surface area (Å²) in [7, 11) is 0. The topological polar surface area (TPSA) is 3.24 Å². The quantitative estimate of drug-likeness (QED) is 0.131. The molecule has 1 unspecified atom stereocenters. The maximum absolute atomic E-state index is 4.14. The van der Waals surface area contributed by atoms with Gasteiger partial charge in [0.05, 0.1) is 0 Å². The first-order valence-electron chi connectivity index (χ1n) is 18.2. The van der Waals surface area contributed by atoms with Crippen molar-refractivity contribution in [2.24, 2.45) is 0 Å². The summed E-state index contributed by atoms with van der Waals surface area (Å²) < 4.78 is 0. The summed E-state index contributed by atoms with van der Waals surface area (Å²) in [5, 5.41) is 0. The Labute approximate surface area is 308 Å². The minimum atomic E-state index is -0.0401. The van der Waals surface area contributed by atoms with Gasteiger partial charge in [0, 0.05) is 28.9 Å². The van der Waals surface area contributed by atoms with Crippen LogP contribution in [0.4, 0.5) is 11.4 Å². The van der Waals surface area contributed by atoms with Crippen LogP contribution in [-0.4, -0.2) is 0 Å². The molecule has 0 radical (unpaired) electrons. The maximum atomic E-state index is 4.14. The molecule has 0 aromatic heterocycles. The van der Waals surface area contributed by atoms with Gasteiger partial charge in [0.15, 0.2) is 0 Å². The Morgan fingerprint density at radius 1 is 0.500 bits per heavy atom. The fourth-order valence-corrected chi connectivity index (χ4v) is 7.81. The van der Waals surface area contributed by atoms with E-state index in [0.717, 1.165) is 17.8 Å². The van der Waals surface area contributed by atoms with Gasteiger partial charge in [0.2, 0.25) is 0 Å². The molecule has 1 aliphatic carbocycles. The summed E-state index contributed by atoms with van der Waals surface area (Å²) in [4.78, 5) is 2.29. The first-order valence-corrected chi connectivity index (χ1v) is 18.2. The molecule has 0 spiro atoms. The molecule has 0 N–H and O–H groups in total. The third-order valence-electron chi connectivity index (χ3n) is 10.7. The van der Waals surface area contributed by atoms with Crippen LogP contribution < -0.4 is 4.90 Å². The Balaban J connectivity index is 1.12. The molecule has 0 aliphatic heterocycles. The maximum Gasteiger partial charge on any atom is 0.0455 e. The van der Waals surface area contributed by atoms with Crippen LogP contribution in [0.3, 0.4) is 0 Å². The average molecular weight is 670 g/mol. The number of benzene rings is 7. The lowest BCUT2D eigenvalue weighted by atomic mass is 9.81. The Morgan fingerprint density at radius 3 is 1.65 bits per heavy atom. The van der Waals surface area contributed by atoms with Crippen LogP contribution in [0.15, 0.2) is 201 Å². The van der Waals surface area contributed by atoms with E-state index in [4.69, 9.17) is 0 Å². The van der Waals surface area contributed by atoms with Crippen LogP contribution in [-0.2, 0) is 5.41 Å². The van der Waals surface area contributed by atoms with E-state index in [1.165, 1.54) is 61.2 Å². The molecule has 0 bridgehead atoms. The third kappa shape index (κ3) is 6.31. The van der Waals surface area contributed by atoms with Crippen molar-refractivity contribution in [1.82, 2.24) is 0 Å². The number of allylic oxidation sites excluding steroid dienone is 2. The average Bonchev–Trinajstić information content (AvgIpc) is 3.44. The molecular formula is C51H43N. The van der Waals surface area contributed by atoms with Gasteiger partial charge in [-0.25, -0.2) is 0 Å². The lowest BCUT2D eigenvalue weighted by Crippen LogP contribution is -2.14. The first kappa shape index (κ1) is 33.0. The normalized spacial score (nSPS) is 13.3. The molecule has 8 rings (SSSR count). The molecule has 1 heteroatoms. The fourth-order valence-electron chi connectivity index (χ4n) is 7.81. The van der Waals surface area contributed by atoms with E-state index in [-0.39, 0.29) is 11.3 Å². The van der Waals surface area contributed by atoms with Gasteiger partial charge in [0.25, 0.3) is 0 Å². The summed E-state index contributed by atoms with van der Waals surface area (Å²) in [6.45, 7) is 8.84. The van der Waals surface area contributed by atoms with Crippen LogP contribution in [0.2, 0.25) is 0 Å². The highest BCUT2D eigenvalue weighted by molar-refractivity contribution is 5.88. The standard InChI is InChI=1S/C51H43N/c1-4-37(38-16-7-5-8-17-38)20-15-35-52(43-30-25-40(26-31-43)39-18-9-6-10-19-39)44-32-27-41(28-33-44)45-21-11-12-22-46(45)42-29-34-48-47-23-13-14-24-49(47)51(2,3)50(48)36-42/h4-19,21-37H,1,20H2,2-3H3/b35-15+. The molecule has 1 aliphatic rings. The summed E-state index contributed by atoms with van der Waals surface area (Å²) in [6.07, 6.45) is 7.39. The number of rotatable bonds is 10. The summed E-state index contributed by atoms with van der Waals surface area (Å²) >= 11 is 0. The van der Waals surface area contributed by atoms with Gasteiger partial charge in [-0.1, -0.05) is 172 Å². The lowest BCUT2D eigenvalue weighted by Gasteiger charge is -2.23. The van der Waals surface area contributed by atoms with Gasteiger partial charge in [-0.15, -0.1) is 6.58 Å². The molecule has 7 aromatic rings. The summed E-state index contributed by atoms with van der Waals surface area (Å²) in [5.41, 5.74) is 16.3. The zero-order valence-corrected chi connectivity index (χ0v) is 29.9. The van der Waals surface area contributed by atoms with Crippen molar-refractivity contribution < 1.29 is 0 Å². The summed E-state index contributed by atoms with van der Waals surface area (Å²) in [6, 6.07) is 63.7. The zero-order valence-electron chi connectivity index (χ0n) is 29.9. The van der Waals surface area contributed by atoms with E-state index in [2.05, 4.69) is 214 Å². The minimum Gasteiger partial charge on any atom is -0.318 e. The SMILES string of the molecule is C=CC(C/C=C/N(c1ccc(-c2ccccc2)cc1)c1ccc(-c2ccccc2-c2ccc3c(c2)C(C)(C)c2ccccc2-3)cc1)c1ccccc1. The number of hydrogen-bond acceptors (Lipinski definition) is 1. The fraction of sp³-hybridized carbons (Fsp3) is 0.0980. The smallest absolute Gasteiger partial charge is 0.0455 e. The van der Waals surface area contributed by atoms with Crippen molar-refractivity contribution in [3.8, 4) is 44.5 Å². The monoisotopic (exact) mass is 669 g/mol. The van der Waals surface area contributed by atoms with E-state index in [1.54, 1.807) is 0 Å². The molecule has 0 saturated carbocycles.